The Morgan fingerprint density at radius 3 is 2.74 bits per heavy atom. The van der Waals surface area contributed by atoms with Crippen LogP contribution in [0, 0.1) is 6.92 Å². The highest BCUT2D eigenvalue weighted by molar-refractivity contribution is 5.82. The van der Waals surface area contributed by atoms with E-state index < -0.39 is 0 Å². The highest BCUT2D eigenvalue weighted by Gasteiger charge is 2.23. The molecule has 0 atom stereocenters. The molecule has 19 heavy (non-hydrogen) atoms. The summed E-state index contributed by atoms with van der Waals surface area (Å²) in [6.07, 6.45) is 4.64. The van der Waals surface area contributed by atoms with Gasteiger partial charge in [-0.1, -0.05) is 17.7 Å². The van der Waals surface area contributed by atoms with Crippen LogP contribution in [-0.4, -0.2) is 37.0 Å². The molecule has 1 fully saturated rings. The zero-order chi connectivity index (χ0) is 13.2. The summed E-state index contributed by atoms with van der Waals surface area (Å²) in [5.41, 5.74) is 3.98. The van der Waals surface area contributed by atoms with E-state index in [0.29, 0.717) is 12.5 Å². The minimum absolute atomic E-state index is 0.297. The first-order valence-electron chi connectivity index (χ1n) is 7.36. The summed E-state index contributed by atoms with van der Waals surface area (Å²) in [5.74, 6) is 0.297. The predicted octanol–water partition coefficient (Wildman–Crippen LogP) is 2.37. The van der Waals surface area contributed by atoms with Crippen LogP contribution in [-0.2, 0) is 11.2 Å². The molecule has 2 aliphatic heterocycles. The van der Waals surface area contributed by atoms with E-state index in [1.54, 1.807) is 0 Å². The first kappa shape index (κ1) is 12.5. The first-order valence-corrected chi connectivity index (χ1v) is 7.36. The third kappa shape index (κ3) is 2.60. The summed E-state index contributed by atoms with van der Waals surface area (Å²) < 4.78 is 0. The van der Waals surface area contributed by atoms with Crippen molar-refractivity contribution in [3.63, 3.8) is 0 Å². The molecule has 2 heterocycles. The normalized spacial score (nSPS) is 18.6. The van der Waals surface area contributed by atoms with E-state index in [1.165, 1.54) is 29.7 Å². The number of hydrogen-bond donors (Lipinski definition) is 0. The topological polar surface area (TPSA) is 23.6 Å². The molecular formula is C16H22N2O. The maximum atomic E-state index is 12.3. The number of nitrogens with zero attached hydrogens (tertiary/aromatic N) is 2. The molecule has 0 radical (unpaired) electrons. The second-order valence-electron chi connectivity index (χ2n) is 5.75. The number of carbonyl (C=O) groups excluding carboxylic acids is 1. The van der Waals surface area contributed by atoms with Gasteiger partial charge in [-0.05, 0) is 44.2 Å². The Bertz CT molecular complexity index is 478. The number of hydrogen-bond acceptors (Lipinski definition) is 2. The van der Waals surface area contributed by atoms with Crippen molar-refractivity contribution in [2.75, 3.05) is 31.1 Å². The van der Waals surface area contributed by atoms with Gasteiger partial charge in [0, 0.05) is 25.3 Å². The monoisotopic (exact) mass is 258 g/mol. The number of aryl methyl sites for hydroxylation is 2. The van der Waals surface area contributed by atoms with E-state index >= 15 is 0 Å². The summed E-state index contributed by atoms with van der Waals surface area (Å²) in [6.45, 7) is 5.60. The summed E-state index contributed by atoms with van der Waals surface area (Å²) in [5, 5.41) is 0. The van der Waals surface area contributed by atoms with Gasteiger partial charge in [0.1, 0.15) is 0 Å². The van der Waals surface area contributed by atoms with Crippen molar-refractivity contribution in [1.29, 1.82) is 0 Å². The highest BCUT2D eigenvalue weighted by Crippen LogP contribution is 2.28. The summed E-state index contributed by atoms with van der Waals surface area (Å²) in [7, 11) is 0. The van der Waals surface area contributed by atoms with Gasteiger partial charge in [-0.25, -0.2) is 0 Å². The third-order valence-corrected chi connectivity index (χ3v) is 4.23. The molecule has 0 unspecified atom stereocenters. The molecule has 0 bridgehead atoms. The van der Waals surface area contributed by atoms with Crippen molar-refractivity contribution in [2.45, 2.75) is 32.6 Å². The van der Waals surface area contributed by atoms with Gasteiger partial charge in [-0.3, -0.25) is 4.79 Å². The molecule has 102 valence electrons. The molecule has 1 aromatic rings. The van der Waals surface area contributed by atoms with Gasteiger partial charge in [0.2, 0.25) is 5.91 Å². The number of anilines is 1. The van der Waals surface area contributed by atoms with Crippen molar-refractivity contribution in [3.8, 4) is 0 Å². The Balaban J connectivity index is 1.74. The Kier molecular flexibility index (Phi) is 3.45. The van der Waals surface area contributed by atoms with Crippen molar-refractivity contribution < 1.29 is 4.79 Å². The van der Waals surface area contributed by atoms with Crippen LogP contribution in [0.4, 0.5) is 5.69 Å². The zero-order valence-corrected chi connectivity index (χ0v) is 11.7. The fraction of sp³-hybridized carbons (Fsp3) is 0.562. The minimum Gasteiger partial charge on any atom is -0.362 e. The molecule has 0 aliphatic carbocycles. The Morgan fingerprint density at radius 1 is 1.16 bits per heavy atom. The minimum atomic E-state index is 0.297. The average molecular weight is 258 g/mol. The van der Waals surface area contributed by atoms with Crippen LogP contribution in [0.1, 0.15) is 30.4 Å². The van der Waals surface area contributed by atoms with Crippen LogP contribution in [0.25, 0.3) is 0 Å². The highest BCUT2D eigenvalue weighted by atomic mass is 16.2. The predicted molar refractivity (Wildman–Crippen MR) is 77.5 cm³/mol. The van der Waals surface area contributed by atoms with E-state index in [-0.39, 0.29) is 0 Å². The second kappa shape index (κ2) is 5.24. The zero-order valence-electron chi connectivity index (χ0n) is 11.7. The van der Waals surface area contributed by atoms with Crippen molar-refractivity contribution >= 4 is 11.6 Å². The van der Waals surface area contributed by atoms with Crippen LogP contribution < -0.4 is 4.90 Å². The van der Waals surface area contributed by atoms with Gasteiger partial charge >= 0.3 is 0 Å². The fourth-order valence-corrected chi connectivity index (χ4v) is 3.20. The quantitative estimate of drug-likeness (QED) is 0.813. The largest absolute Gasteiger partial charge is 0.362 e. The molecule has 0 saturated carbocycles. The Hall–Kier alpha value is -1.51. The number of fused-ring (bicyclic) bond motifs is 1. The smallest absolute Gasteiger partial charge is 0.242 e. The van der Waals surface area contributed by atoms with E-state index in [4.69, 9.17) is 0 Å². The molecule has 3 nitrogen and oxygen atoms in total. The lowest BCUT2D eigenvalue weighted by Gasteiger charge is -2.32. The van der Waals surface area contributed by atoms with Crippen LogP contribution >= 0.6 is 0 Å². The molecule has 1 amide bonds. The van der Waals surface area contributed by atoms with Crippen molar-refractivity contribution in [2.24, 2.45) is 0 Å². The number of carbonyl (C=O) groups is 1. The maximum absolute atomic E-state index is 12.3. The molecule has 3 heteroatoms. The van der Waals surface area contributed by atoms with E-state index in [2.05, 4.69) is 30.0 Å². The Labute approximate surface area is 115 Å². The molecule has 0 N–H and O–H groups in total. The van der Waals surface area contributed by atoms with Crippen LogP contribution in [0.5, 0.6) is 0 Å². The lowest BCUT2D eigenvalue weighted by molar-refractivity contribution is -0.128. The average Bonchev–Trinajstić information content (AvgIpc) is 2.92. The third-order valence-electron chi connectivity index (χ3n) is 4.23. The van der Waals surface area contributed by atoms with Crippen LogP contribution in [0.3, 0.4) is 0 Å². The standard InChI is InChI=1S/C16H22N2O/c1-13-6-7-15-14(11-13)5-4-10-18(15)12-16(19)17-8-2-3-9-17/h6-7,11H,2-5,8-10,12H2,1H3. The molecule has 0 aromatic heterocycles. The van der Waals surface area contributed by atoms with Gasteiger partial charge in [-0.15, -0.1) is 0 Å². The SMILES string of the molecule is Cc1ccc2c(c1)CCCN2CC(=O)N1CCCC1. The first-order chi connectivity index (χ1) is 9.24. The van der Waals surface area contributed by atoms with Gasteiger partial charge in [-0.2, -0.15) is 0 Å². The lowest BCUT2D eigenvalue weighted by Crippen LogP contribution is -2.41. The van der Waals surface area contributed by atoms with Crippen molar-refractivity contribution in [1.82, 2.24) is 4.90 Å². The molecule has 1 saturated heterocycles. The molecule has 2 aliphatic rings. The van der Waals surface area contributed by atoms with Crippen LogP contribution in [0.15, 0.2) is 18.2 Å². The lowest BCUT2D eigenvalue weighted by atomic mass is 9.99. The van der Waals surface area contributed by atoms with Gasteiger partial charge in [0.15, 0.2) is 0 Å². The maximum Gasteiger partial charge on any atom is 0.242 e. The number of amides is 1. The molecule has 0 spiro atoms. The molecule has 1 aromatic carbocycles. The molecular weight excluding hydrogens is 236 g/mol. The molecule has 3 rings (SSSR count). The Morgan fingerprint density at radius 2 is 1.95 bits per heavy atom. The number of rotatable bonds is 2. The van der Waals surface area contributed by atoms with Gasteiger partial charge in [0.25, 0.3) is 0 Å². The second-order valence-corrected chi connectivity index (χ2v) is 5.75. The number of likely N-dealkylation sites (tertiary alicyclic amines) is 1. The van der Waals surface area contributed by atoms with E-state index in [1.807, 2.05) is 4.90 Å². The van der Waals surface area contributed by atoms with Gasteiger partial charge in [0.05, 0.1) is 6.54 Å². The van der Waals surface area contributed by atoms with E-state index in [0.717, 1.165) is 32.5 Å². The van der Waals surface area contributed by atoms with E-state index in [9.17, 15) is 4.79 Å². The summed E-state index contributed by atoms with van der Waals surface area (Å²) >= 11 is 0. The van der Waals surface area contributed by atoms with Crippen LogP contribution in [0.2, 0.25) is 0 Å². The fourth-order valence-electron chi connectivity index (χ4n) is 3.20. The summed E-state index contributed by atoms with van der Waals surface area (Å²) in [4.78, 5) is 16.6. The van der Waals surface area contributed by atoms with Crippen molar-refractivity contribution in [3.05, 3.63) is 29.3 Å². The summed E-state index contributed by atoms with van der Waals surface area (Å²) in [6, 6.07) is 6.60. The van der Waals surface area contributed by atoms with Gasteiger partial charge < -0.3 is 9.80 Å². The number of benzene rings is 1.